The van der Waals surface area contributed by atoms with Crippen molar-refractivity contribution in [1.29, 1.82) is 0 Å². The predicted molar refractivity (Wildman–Crippen MR) is 128 cm³/mol. The second kappa shape index (κ2) is 11.4. The molecule has 33 heavy (non-hydrogen) atoms. The second-order valence-corrected chi connectivity index (χ2v) is 8.99. The molecule has 9 heteroatoms. The molecule has 2 N–H and O–H groups in total. The predicted octanol–water partition coefficient (Wildman–Crippen LogP) is 3.33. The first-order valence-electron chi connectivity index (χ1n) is 10.7. The van der Waals surface area contributed by atoms with E-state index in [1.165, 1.54) is 24.5 Å². The first-order valence-corrected chi connectivity index (χ1v) is 12.2. The summed E-state index contributed by atoms with van der Waals surface area (Å²) in [5.74, 6) is 1.19. The smallest absolute Gasteiger partial charge is 0.244 e. The van der Waals surface area contributed by atoms with Crippen LogP contribution in [0.4, 0.5) is 5.82 Å². The van der Waals surface area contributed by atoms with E-state index in [1.807, 2.05) is 12.1 Å². The zero-order chi connectivity index (χ0) is 23.7. The lowest BCUT2D eigenvalue weighted by Crippen LogP contribution is -2.23. The van der Waals surface area contributed by atoms with Crippen LogP contribution in [0.2, 0.25) is 0 Å². The molecule has 0 atom stereocenters. The number of hydrogen-bond acceptors (Lipinski definition) is 6. The van der Waals surface area contributed by atoms with Crippen molar-refractivity contribution in [3.8, 4) is 0 Å². The largest absolute Gasteiger partial charge is 0.468 e. The van der Waals surface area contributed by atoms with Gasteiger partial charge in [-0.25, -0.2) is 18.1 Å². The molecular weight excluding hydrogens is 440 g/mol. The highest BCUT2D eigenvalue weighted by molar-refractivity contribution is 7.89. The van der Waals surface area contributed by atoms with E-state index in [0.717, 1.165) is 24.5 Å². The van der Waals surface area contributed by atoms with E-state index in [1.54, 1.807) is 36.5 Å². The van der Waals surface area contributed by atoms with Gasteiger partial charge in [-0.05, 0) is 61.4 Å². The summed E-state index contributed by atoms with van der Waals surface area (Å²) in [6.07, 6.45) is 6.29. The summed E-state index contributed by atoms with van der Waals surface area (Å²) < 4.78 is 32.4. The number of furan rings is 1. The van der Waals surface area contributed by atoms with Crippen LogP contribution < -0.4 is 14.9 Å². The summed E-state index contributed by atoms with van der Waals surface area (Å²) in [5, 5.41) is 2.82. The monoisotopic (exact) mass is 468 g/mol. The van der Waals surface area contributed by atoms with Gasteiger partial charge < -0.3 is 14.6 Å². The molecule has 0 bridgehead atoms. The molecule has 0 radical (unpaired) electrons. The first-order chi connectivity index (χ1) is 15.9. The van der Waals surface area contributed by atoms with Gasteiger partial charge >= 0.3 is 0 Å². The van der Waals surface area contributed by atoms with Crippen LogP contribution in [-0.4, -0.2) is 32.4 Å². The standard InChI is InChI=1S/C24H28N4O4S/c1-3-28(4-2)23-13-9-20(16-25-23)17-26-24(29)14-10-19-7-11-22(12-8-19)33(30,31)27-18-21-6-5-15-32-21/h5-16,27H,3-4,17-18H2,1-2H3,(H,26,29). The minimum atomic E-state index is -3.66. The highest BCUT2D eigenvalue weighted by Gasteiger charge is 2.14. The number of carbonyl (C=O) groups is 1. The Labute approximate surface area is 194 Å². The number of benzene rings is 1. The highest BCUT2D eigenvalue weighted by atomic mass is 32.2. The maximum atomic E-state index is 12.4. The van der Waals surface area contributed by atoms with E-state index in [0.29, 0.717) is 17.9 Å². The number of anilines is 1. The molecule has 1 aromatic carbocycles. The molecule has 3 rings (SSSR count). The fraction of sp³-hybridized carbons (Fsp3) is 0.250. The molecule has 0 aliphatic heterocycles. The quantitative estimate of drug-likeness (QED) is 0.418. The maximum Gasteiger partial charge on any atom is 0.244 e. The van der Waals surface area contributed by atoms with Gasteiger partial charge in [0.1, 0.15) is 11.6 Å². The lowest BCUT2D eigenvalue weighted by molar-refractivity contribution is -0.116. The molecule has 174 valence electrons. The molecule has 8 nitrogen and oxygen atoms in total. The van der Waals surface area contributed by atoms with E-state index in [2.05, 4.69) is 33.8 Å². The summed E-state index contributed by atoms with van der Waals surface area (Å²) in [7, 11) is -3.66. The third-order valence-electron chi connectivity index (χ3n) is 5.00. The lowest BCUT2D eigenvalue weighted by atomic mass is 10.2. The van der Waals surface area contributed by atoms with Crippen molar-refractivity contribution in [2.24, 2.45) is 0 Å². The molecule has 0 spiro atoms. The molecule has 0 unspecified atom stereocenters. The molecule has 2 heterocycles. The van der Waals surface area contributed by atoms with Crippen molar-refractivity contribution in [3.63, 3.8) is 0 Å². The Bertz CT molecular complexity index is 1150. The van der Waals surface area contributed by atoms with Crippen LogP contribution >= 0.6 is 0 Å². The fourth-order valence-electron chi connectivity index (χ4n) is 3.10. The third-order valence-corrected chi connectivity index (χ3v) is 6.41. The maximum absolute atomic E-state index is 12.4. The Morgan fingerprint density at radius 3 is 2.42 bits per heavy atom. The van der Waals surface area contributed by atoms with E-state index in [-0.39, 0.29) is 17.3 Å². The number of nitrogens with one attached hydrogen (secondary N) is 2. The van der Waals surface area contributed by atoms with Crippen LogP contribution in [0.3, 0.4) is 0 Å². The number of amides is 1. The summed E-state index contributed by atoms with van der Waals surface area (Å²) in [6.45, 7) is 6.38. The average molecular weight is 469 g/mol. The van der Waals surface area contributed by atoms with Gasteiger partial charge in [0.05, 0.1) is 17.7 Å². The summed E-state index contributed by atoms with van der Waals surface area (Å²) >= 11 is 0. The summed E-state index contributed by atoms with van der Waals surface area (Å²) in [6, 6.07) is 13.5. The van der Waals surface area contributed by atoms with Gasteiger partial charge in [0, 0.05) is 31.9 Å². The van der Waals surface area contributed by atoms with Crippen LogP contribution in [0.5, 0.6) is 0 Å². The highest BCUT2D eigenvalue weighted by Crippen LogP contribution is 2.13. The Hall–Kier alpha value is -3.43. The number of aromatic nitrogens is 1. The minimum absolute atomic E-state index is 0.0743. The van der Waals surface area contributed by atoms with Crippen molar-refractivity contribution in [2.45, 2.75) is 31.8 Å². The molecule has 0 aliphatic carbocycles. The van der Waals surface area contributed by atoms with Gasteiger partial charge in [-0.15, -0.1) is 0 Å². The normalized spacial score (nSPS) is 11.6. The van der Waals surface area contributed by atoms with Crippen molar-refractivity contribution < 1.29 is 17.6 Å². The summed E-state index contributed by atoms with van der Waals surface area (Å²) in [4.78, 5) is 18.9. The molecule has 0 saturated carbocycles. The SMILES string of the molecule is CCN(CC)c1ccc(CNC(=O)C=Cc2ccc(S(=O)(=O)NCc3ccco3)cc2)cn1. The molecular formula is C24H28N4O4S. The molecule has 0 aliphatic rings. The van der Waals surface area contributed by atoms with Gasteiger partial charge in [-0.2, -0.15) is 0 Å². The van der Waals surface area contributed by atoms with E-state index in [9.17, 15) is 13.2 Å². The van der Waals surface area contributed by atoms with Crippen LogP contribution in [0, 0.1) is 0 Å². The van der Waals surface area contributed by atoms with Crippen LogP contribution in [0.25, 0.3) is 6.08 Å². The van der Waals surface area contributed by atoms with Gasteiger partial charge in [-0.3, -0.25) is 4.79 Å². The molecule has 3 aromatic rings. The number of carbonyl (C=O) groups excluding carboxylic acids is 1. The molecule has 1 amide bonds. The topological polar surface area (TPSA) is 105 Å². The van der Waals surface area contributed by atoms with Crippen molar-refractivity contribution in [1.82, 2.24) is 15.0 Å². The zero-order valence-corrected chi connectivity index (χ0v) is 19.5. The number of rotatable bonds is 11. The van der Waals surface area contributed by atoms with Crippen LogP contribution in [-0.2, 0) is 27.9 Å². The zero-order valence-electron chi connectivity index (χ0n) is 18.7. The second-order valence-electron chi connectivity index (χ2n) is 7.22. The van der Waals surface area contributed by atoms with E-state index in [4.69, 9.17) is 4.42 Å². The van der Waals surface area contributed by atoms with Crippen molar-refractivity contribution >= 4 is 27.8 Å². The number of hydrogen-bond donors (Lipinski definition) is 2. The number of sulfonamides is 1. The van der Waals surface area contributed by atoms with Gasteiger partial charge in [-0.1, -0.05) is 18.2 Å². The summed E-state index contributed by atoms with van der Waals surface area (Å²) in [5.41, 5.74) is 1.62. The van der Waals surface area contributed by atoms with Gasteiger partial charge in [0.25, 0.3) is 0 Å². The Morgan fingerprint density at radius 2 is 1.82 bits per heavy atom. The Morgan fingerprint density at radius 1 is 1.06 bits per heavy atom. The molecule has 0 fully saturated rings. The fourth-order valence-corrected chi connectivity index (χ4v) is 4.09. The van der Waals surface area contributed by atoms with Crippen molar-refractivity contribution in [2.75, 3.05) is 18.0 Å². The minimum Gasteiger partial charge on any atom is -0.468 e. The lowest BCUT2D eigenvalue weighted by Gasteiger charge is -2.19. The van der Waals surface area contributed by atoms with Crippen LogP contribution in [0.15, 0.2) is 76.4 Å². The number of pyridine rings is 1. The number of nitrogens with zero attached hydrogens (tertiary/aromatic N) is 2. The van der Waals surface area contributed by atoms with E-state index >= 15 is 0 Å². The van der Waals surface area contributed by atoms with Crippen molar-refractivity contribution in [3.05, 3.63) is 84.0 Å². The molecule has 2 aromatic heterocycles. The van der Waals surface area contributed by atoms with Gasteiger partial charge in [0.2, 0.25) is 15.9 Å². The Balaban J connectivity index is 1.50. The average Bonchev–Trinajstić information content (AvgIpc) is 3.36. The first kappa shape index (κ1) is 24.2. The molecule has 0 saturated heterocycles. The van der Waals surface area contributed by atoms with Crippen LogP contribution in [0.1, 0.15) is 30.7 Å². The van der Waals surface area contributed by atoms with E-state index < -0.39 is 10.0 Å². The van der Waals surface area contributed by atoms with Gasteiger partial charge in [0.15, 0.2) is 0 Å². The Kier molecular flexibility index (Phi) is 8.39. The third kappa shape index (κ3) is 7.03.